The average Bonchev–Trinajstić information content (AvgIpc) is 2.16. The van der Waals surface area contributed by atoms with Crippen LogP contribution >= 0.6 is 0 Å². The van der Waals surface area contributed by atoms with Gasteiger partial charge in [0.1, 0.15) is 0 Å². The molecular weight excluding hydrogens is 184 g/mol. The molecular formula is C13H22N2. The Morgan fingerprint density at radius 1 is 1.20 bits per heavy atom. The lowest BCUT2D eigenvalue weighted by atomic mass is 9.96. The number of hydrogen-bond acceptors (Lipinski definition) is 2. The highest BCUT2D eigenvalue weighted by Gasteiger charge is 2.15. The number of pyridine rings is 1. The summed E-state index contributed by atoms with van der Waals surface area (Å²) in [6, 6.07) is 4.18. The maximum absolute atomic E-state index is 4.03. The largest absolute Gasteiger partial charge is 0.299 e. The molecule has 0 radical (unpaired) electrons. The molecule has 0 unspecified atom stereocenters. The van der Waals surface area contributed by atoms with E-state index in [4.69, 9.17) is 0 Å². The fourth-order valence-electron chi connectivity index (χ4n) is 1.70. The minimum atomic E-state index is 0.364. The van der Waals surface area contributed by atoms with Gasteiger partial charge in [0.05, 0.1) is 0 Å². The number of aromatic nitrogens is 1. The summed E-state index contributed by atoms with van der Waals surface area (Å²) in [6.07, 6.45) is 3.72. The minimum absolute atomic E-state index is 0.364. The van der Waals surface area contributed by atoms with E-state index >= 15 is 0 Å². The van der Waals surface area contributed by atoms with Gasteiger partial charge in [-0.15, -0.1) is 0 Å². The lowest BCUT2D eigenvalue weighted by Crippen LogP contribution is -2.32. The van der Waals surface area contributed by atoms with Crippen molar-refractivity contribution < 1.29 is 0 Å². The molecule has 2 heteroatoms. The summed E-state index contributed by atoms with van der Waals surface area (Å²) in [6.45, 7) is 12.3. The molecule has 0 amide bonds. The van der Waals surface area contributed by atoms with Crippen molar-refractivity contribution in [3.05, 3.63) is 30.1 Å². The molecule has 1 heterocycles. The smallest absolute Gasteiger partial charge is 0.0271 e. The lowest BCUT2D eigenvalue weighted by molar-refractivity contribution is 0.192. The molecule has 0 aliphatic rings. The molecule has 84 valence electrons. The molecule has 0 atom stereocenters. The topological polar surface area (TPSA) is 16.1 Å². The Balaban J connectivity index is 2.55. The average molecular weight is 206 g/mol. The quantitative estimate of drug-likeness (QED) is 0.753. The van der Waals surface area contributed by atoms with Crippen LogP contribution in [0, 0.1) is 5.41 Å². The molecule has 1 aromatic rings. The van der Waals surface area contributed by atoms with Gasteiger partial charge in [0.2, 0.25) is 0 Å². The molecule has 1 rings (SSSR count). The van der Waals surface area contributed by atoms with Crippen LogP contribution in [0.5, 0.6) is 0 Å². The summed E-state index contributed by atoms with van der Waals surface area (Å²) in [4.78, 5) is 6.50. The van der Waals surface area contributed by atoms with Crippen LogP contribution in [0.25, 0.3) is 0 Å². The van der Waals surface area contributed by atoms with Crippen LogP contribution in [0.4, 0.5) is 0 Å². The second kappa shape index (κ2) is 5.26. The fourth-order valence-corrected chi connectivity index (χ4v) is 1.70. The first-order valence-electron chi connectivity index (χ1n) is 5.62. The molecule has 0 aliphatic carbocycles. The molecule has 0 spiro atoms. The van der Waals surface area contributed by atoms with E-state index in [1.54, 1.807) is 0 Å². The highest BCUT2D eigenvalue weighted by atomic mass is 15.1. The summed E-state index contributed by atoms with van der Waals surface area (Å²) in [5.41, 5.74) is 1.71. The Hall–Kier alpha value is -0.890. The maximum atomic E-state index is 4.03. The molecule has 0 fully saturated rings. The fraction of sp³-hybridized carbons (Fsp3) is 0.615. The van der Waals surface area contributed by atoms with Crippen molar-refractivity contribution in [1.29, 1.82) is 0 Å². The van der Waals surface area contributed by atoms with Crippen molar-refractivity contribution in [1.82, 2.24) is 9.88 Å². The van der Waals surface area contributed by atoms with Gasteiger partial charge in [-0.25, -0.2) is 0 Å². The standard InChI is InChI=1S/C13H22N2/c1-5-15(11-13(2,3)4)10-12-6-8-14-9-7-12/h6-9H,5,10-11H2,1-4H3. The first kappa shape index (κ1) is 12.2. The monoisotopic (exact) mass is 206 g/mol. The number of nitrogens with zero attached hydrogens (tertiary/aromatic N) is 2. The number of rotatable bonds is 4. The van der Waals surface area contributed by atoms with Crippen molar-refractivity contribution in [3.63, 3.8) is 0 Å². The maximum Gasteiger partial charge on any atom is 0.0271 e. The van der Waals surface area contributed by atoms with Crippen LogP contribution < -0.4 is 0 Å². The third-order valence-corrected chi connectivity index (χ3v) is 2.30. The molecule has 0 bridgehead atoms. The van der Waals surface area contributed by atoms with Crippen molar-refractivity contribution >= 4 is 0 Å². The van der Waals surface area contributed by atoms with Gasteiger partial charge in [0, 0.05) is 25.5 Å². The van der Waals surface area contributed by atoms with Crippen LogP contribution in [0.1, 0.15) is 33.3 Å². The molecule has 0 saturated heterocycles. The molecule has 15 heavy (non-hydrogen) atoms. The molecule has 0 aliphatic heterocycles. The summed E-state index contributed by atoms with van der Waals surface area (Å²) in [7, 11) is 0. The van der Waals surface area contributed by atoms with E-state index in [2.05, 4.69) is 49.7 Å². The Labute approximate surface area is 93.3 Å². The SMILES string of the molecule is CCN(Cc1ccncc1)CC(C)(C)C. The third kappa shape index (κ3) is 4.93. The Morgan fingerprint density at radius 2 is 1.80 bits per heavy atom. The second-order valence-electron chi connectivity index (χ2n) is 5.22. The Morgan fingerprint density at radius 3 is 2.27 bits per heavy atom. The van der Waals surface area contributed by atoms with E-state index in [9.17, 15) is 0 Å². The lowest BCUT2D eigenvalue weighted by Gasteiger charge is -2.28. The third-order valence-electron chi connectivity index (χ3n) is 2.30. The summed E-state index contributed by atoms with van der Waals surface area (Å²) >= 11 is 0. The van der Waals surface area contributed by atoms with Gasteiger partial charge in [-0.2, -0.15) is 0 Å². The van der Waals surface area contributed by atoms with E-state index in [0.717, 1.165) is 19.6 Å². The van der Waals surface area contributed by atoms with Gasteiger partial charge >= 0.3 is 0 Å². The van der Waals surface area contributed by atoms with E-state index in [1.807, 2.05) is 12.4 Å². The summed E-state index contributed by atoms with van der Waals surface area (Å²) < 4.78 is 0. The minimum Gasteiger partial charge on any atom is -0.299 e. The molecule has 0 aromatic carbocycles. The van der Waals surface area contributed by atoms with E-state index in [0.29, 0.717) is 5.41 Å². The zero-order chi connectivity index (χ0) is 11.3. The van der Waals surface area contributed by atoms with Crippen molar-refractivity contribution in [3.8, 4) is 0 Å². The highest BCUT2D eigenvalue weighted by molar-refractivity contribution is 5.09. The second-order valence-corrected chi connectivity index (χ2v) is 5.22. The van der Waals surface area contributed by atoms with E-state index in [-0.39, 0.29) is 0 Å². The Kier molecular flexibility index (Phi) is 4.28. The summed E-state index contributed by atoms with van der Waals surface area (Å²) in [5, 5.41) is 0. The van der Waals surface area contributed by atoms with Crippen molar-refractivity contribution in [2.75, 3.05) is 13.1 Å². The molecule has 0 saturated carbocycles. The van der Waals surface area contributed by atoms with Gasteiger partial charge in [0.15, 0.2) is 0 Å². The van der Waals surface area contributed by atoms with Crippen molar-refractivity contribution in [2.24, 2.45) is 5.41 Å². The first-order valence-corrected chi connectivity index (χ1v) is 5.62. The normalized spacial score (nSPS) is 12.1. The Bertz CT molecular complexity index is 274. The van der Waals surface area contributed by atoms with Crippen LogP contribution in [-0.4, -0.2) is 23.0 Å². The van der Waals surface area contributed by atoms with E-state index < -0.39 is 0 Å². The van der Waals surface area contributed by atoms with Crippen LogP contribution in [-0.2, 0) is 6.54 Å². The molecule has 2 nitrogen and oxygen atoms in total. The van der Waals surface area contributed by atoms with Gasteiger partial charge in [-0.3, -0.25) is 9.88 Å². The molecule has 1 aromatic heterocycles. The van der Waals surface area contributed by atoms with E-state index in [1.165, 1.54) is 5.56 Å². The zero-order valence-corrected chi connectivity index (χ0v) is 10.3. The summed E-state index contributed by atoms with van der Waals surface area (Å²) in [5.74, 6) is 0. The van der Waals surface area contributed by atoms with Crippen LogP contribution in [0.3, 0.4) is 0 Å². The molecule has 0 N–H and O–H groups in total. The van der Waals surface area contributed by atoms with Gasteiger partial charge < -0.3 is 0 Å². The van der Waals surface area contributed by atoms with Gasteiger partial charge in [-0.05, 0) is 29.7 Å². The zero-order valence-electron chi connectivity index (χ0n) is 10.3. The predicted octanol–water partition coefficient (Wildman–Crippen LogP) is 2.95. The first-order chi connectivity index (χ1) is 7.01. The predicted molar refractivity (Wildman–Crippen MR) is 64.6 cm³/mol. The van der Waals surface area contributed by atoms with Gasteiger partial charge in [-0.1, -0.05) is 27.7 Å². The number of hydrogen-bond donors (Lipinski definition) is 0. The van der Waals surface area contributed by atoms with Crippen LogP contribution in [0.2, 0.25) is 0 Å². The van der Waals surface area contributed by atoms with Crippen molar-refractivity contribution in [2.45, 2.75) is 34.2 Å². The van der Waals surface area contributed by atoms with Gasteiger partial charge in [0.25, 0.3) is 0 Å². The van der Waals surface area contributed by atoms with Crippen LogP contribution in [0.15, 0.2) is 24.5 Å². The highest BCUT2D eigenvalue weighted by Crippen LogP contribution is 2.16.